The maximum Gasteiger partial charge on any atom is 0.187 e. The number of ether oxygens (including phenoxy) is 5. The molecule has 5 heteroatoms. The zero-order valence-electron chi connectivity index (χ0n) is 17.9. The van der Waals surface area contributed by atoms with Crippen LogP contribution in [0.5, 0.6) is 0 Å². The quantitative estimate of drug-likeness (QED) is 0.498. The first-order valence-electron chi connectivity index (χ1n) is 11.1. The van der Waals surface area contributed by atoms with Gasteiger partial charge < -0.3 is 23.7 Å². The monoisotopic (exact) mass is 432 g/mol. The van der Waals surface area contributed by atoms with Crippen LogP contribution in [0.3, 0.4) is 0 Å². The van der Waals surface area contributed by atoms with Gasteiger partial charge in [0, 0.05) is 0 Å². The Hall–Kier alpha value is -2.54. The van der Waals surface area contributed by atoms with E-state index in [1.807, 2.05) is 66.7 Å². The smallest absolute Gasteiger partial charge is 0.187 e. The van der Waals surface area contributed by atoms with Crippen LogP contribution in [0.4, 0.5) is 0 Å². The lowest BCUT2D eigenvalue weighted by atomic mass is 10.00. The Morgan fingerprint density at radius 2 is 1.00 bits per heavy atom. The van der Waals surface area contributed by atoms with E-state index >= 15 is 0 Å². The molecule has 2 bridgehead atoms. The Labute approximate surface area is 188 Å². The number of rotatable bonds is 9. The molecule has 0 amide bonds. The predicted molar refractivity (Wildman–Crippen MR) is 120 cm³/mol. The van der Waals surface area contributed by atoms with Crippen LogP contribution >= 0.6 is 0 Å². The van der Waals surface area contributed by atoms with Crippen molar-refractivity contribution in [1.29, 1.82) is 0 Å². The normalized spacial score (nSPS) is 26.8. The van der Waals surface area contributed by atoms with Crippen molar-refractivity contribution < 1.29 is 23.7 Å². The molecule has 166 valence electrons. The van der Waals surface area contributed by atoms with Gasteiger partial charge in [-0.05, 0) is 16.7 Å². The molecule has 0 radical (unpaired) electrons. The summed E-state index contributed by atoms with van der Waals surface area (Å²) in [6.07, 6.45) is -1.63. The molecule has 0 saturated carbocycles. The summed E-state index contributed by atoms with van der Waals surface area (Å²) >= 11 is 0. The molecule has 32 heavy (non-hydrogen) atoms. The van der Waals surface area contributed by atoms with Crippen LogP contribution in [0, 0.1) is 0 Å². The summed E-state index contributed by atoms with van der Waals surface area (Å²) in [5, 5.41) is 0. The minimum atomic E-state index is -0.457. The van der Waals surface area contributed by atoms with E-state index in [0.717, 1.165) is 16.7 Å². The Morgan fingerprint density at radius 1 is 0.562 bits per heavy atom. The van der Waals surface area contributed by atoms with Crippen molar-refractivity contribution in [3.05, 3.63) is 108 Å². The fourth-order valence-corrected chi connectivity index (χ4v) is 4.20. The van der Waals surface area contributed by atoms with E-state index in [2.05, 4.69) is 24.3 Å². The highest BCUT2D eigenvalue weighted by molar-refractivity contribution is 5.15. The molecule has 5 atom stereocenters. The zero-order chi connectivity index (χ0) is 21.6. The Balaban J connectivity index is 1.33. The highest BCUT2D eigenvalue weighted by atomic mass is 16.8. The largest absolute Gasteiger partial charge is 0.368 e. The molecular formula is C27H28O5. The molecule has 0 aliphatic carbocycles. The SMILES string of the molecule is c1ccc(COC2C(OCc3ccccc3)[C@H]3COC(O3)[C@@H]2OCc2ccccc2)cc1. The van der Waals surface area contributed by atoms with Crippen LogP contribution in [0.25, 0.3) is 0 Å². The third kappa shape index (κ3) is 5.09. The average Bonchev–Trinajstić information content (AvgIpc) is 3.29. The second kappa shape index (κ2) is 10.4. The third-order valence-corrected chi connectivity index (χ3v) is 5.87. The topological polar surface area (TPSA) is 46.2 Å². The van der Waals surface area contributed by atoms with Gasteiger partial charge in [-0.15, -0.1) is 0 Å². The molecule has 3 unspecified atom stereocenters. The molecule has 5 rings (SSSR count). The second-order valence-corrected chi connectivity index (χ2v) is 8.16. The summed E-state index contributed by atoms with van der Waals surface area (Å²) in [7, 11) is 0. The van der Waals surface area contributed by atoms with Gasteiger partial charge in [0.15, 0.2) is 6.29 Å². The summed E-state index contributed by atoms with van der Waals surface area (Å²) in [4.78, 5) is 0. The molecule has 0 aromatic heterocycles. The van der Waals surface area contributed by atoms with E-state index in [1.54, 1.807) is 0 Å². The molecule has 3 aromatic carbocycles. The molecule has 0 N–H and O–H groups in total. The van der Waals surface area contributed by atoms with E-state index in [0.29, 0.717) is 26.4 Å². The average molecular weight is 433 g/mol. The van der Waals surface area contributed by atoms with Crippen molar-refractivity contribution in [3.63, 3.8) is 0 Å². The summed E-state index contributed by atoms with van der Waals surface area (Å²) in [5.74, 6) is 0. The van der Waals surface area contributed by atoms with Gasteiger partial charge in [-0.25, -0.2) is 0 Å². The van der Waals surface area contributed by atoms with E-state index in [1.165, 1.54) is 0 Å². The van der Waals surface area contributed by atoms with Gasteiger partial charge >= 0.3 is 0 Å². The molecule has 0 spiro atoms. The van der Waals surface area contributed by atoms with Crippen molar-refractivity contribution >= 4 is 0 Å². The van der Waals surface area contributed by atoms with E-state index < -0.39 is 12.4 Å². The number of hydrogen-bond acceptors (Lipinski definition) is 5. The first-order valence-corrected chi connectivity index (χ1v) is 11.1. The van der Waals surface area contributed by atoms with Crippen LogP contribution in [0.2, 0.25) is 0 Å². The second-order valence-electron chi connectivity index (χ2n) is 8.16. The Kier molecular flexibility index (Phi) is 6.92. The Bertz CT molecular complexity index is 892. The molecular weight excluding hydrogens is 404 g/mol. The van der Waals surface area contributed by atoms with Gasteiger partial charge in [0.05, 0.1) is 26.4 Å². The minimum Gasteiger partial charge on any atom is -0.368 e. The summed E-state index contributed by atoms with van der Waals surface area (Å²) in [5.41, 5.74) is 3.31. The summed E-state index contributed by atoms with van der Waals surface area (Å²) in [6, 6.07) is 30.4. The number of fused-ring (bicyclic) bond motifs is 2. The first kappa shape index (κ1) is 21.3. The molecule has 2 fully saturated rings. The lowest BCUT2D eigenvalue weighted by Crippen LogP contribution is -2.56. The summed E-state index contributed by atoms with van der Waals surface area (Å²) < 4.78 is 31.2. The highest BCUT2D eigenvalue weighted by Crippen LogP contribution is 2.35. The third-order valence-electron chi connectivity index (χ3n) is 5.87. The maximum atomic E-state index is 6.44. The van der Waals surface area contributed by atoms with Gasteiger partial charge in [-0.1, -0.05) is 91.0 Å². The summed E-state index contributed by atoms with van der Waals surface area (Å²) in [6.45, 7) is 1.88. The van der Waals surface area contributed by atoms with Crippen molar-refractivity contribution in [2.45, 2.75) is 50.5 Å². The lowest BCUT2D eigenvalue weighted by molar-refractivity contribution is -0.268. The number of benzene rings is 3. The Morgan fingerprint density at radius 3 is 1.50 bits per heavy atom. The zero-order valence-corrected chi connectivity index (χ0v) is 17.9. The van der Waals surface area contributed by atoms with Gasteiger partial charge in [0.1, 0.15) is 24.4 Å². The molecule has 2 saturated heterocycles. The van der Waals surface area contributed by atoms with E-state index in [9.17, 15) is 0 Å². The molecule has 3 aromatic rings. The van der Waals surface area contributed by atoms with Gasteiger partial charge in [0.25, 0.3) is 0 Å². The van der Waals surface area contributed by atoms with E-state index in [-0.39, 0.29) is 18.3 Å². The number of hydrogen-bond donors (Lipinski definition) is 0. The fraction of sp³-hybridized carbons (Fsp3) is 0.333. The van der Waals surface area contributed by atoms with Gasteiger partial charge in [-0.3, -0.25) is 0 Å². The lowest BCUT2D eigenvalue weighted by Gasteiger charge is -2.40. The fourth-order valence-electron chi connectivity index (χ4n) is 4.20. The van der Waals surface area contributed by atoms with Crippen molar-refractivity contribution in [1.82, 2.24) is 0 Å². The maximum absolute atomic E-state index is 6.44. The van der Waals surface area contributed by atoms with E-state index in [4.69, 9.17) is 23.7 Å². The van der Waals surface area contributed by atoms with Crippen molar-refractivity contribution in [2.75, 3.05) is 6.61 Å². The molecule has 2 heterocycles. The van der Waals surface area contributed by atoms with Crippen molar-refractivity contribution in [3.8, 4) is 0 Å². The standard InChI is InChI=1S/C27H28O5/c1-4-10-20(11-5-1)16-28-24-23-19-31-27(32-23)26(30-18-22-14-8-3-9-15-22)25(24)29-17-21-12-6-2-7-13-21/h1-15,23-27H,16-19H2/t23-,24?,25?,26-,27?/m1/s1. The molecule has 2 aliphatic rings. The van der Waals surface area contributed by atoms with Crippen LogP contribution in [0.1, 0.15) is 16.7 Å². The van der Waals surface area contributed by atoms with Crippen LogP contribution < -0.4 is 0 Å². The van der Waals surface area contributed by atoms with Gasteiger partial charge in [0.2, 0.25) is 0 Å². The van der Waals surface area contributed by atoms with Gasteiger partial charge in [-0.2, -0.15) is 0 Å². The highest BCUT2D eigenvalue weighted by Gasteiger charge is 2.52. The first-order chi connectivity index (χ1) is 15.9. The van der Waals surface area contributed by atoms with Crippen molar-refractivity contribution in [2.24, 2.45) is 0 Å². The minimum absolute atomic E-state index is 0.180. The van der Waals surface area contributed by atoms with Crippen LogP contribution in [0.15, 0.2) is 91.0 Å². The van der Waals surface area contributed by atoms with Crippen LogP contribution in [-0.4, -0.2) is 37.3 Å². The van der Waals surface area contributed by atoms with Crippen LogP contribution in [-0.2, 0) is 43.5 Å². The predicted octanol–water partition coefficient (Wildman–Crippen LogP) is 4.50. The molecule has 5 nitrogen and oxygen atoms in total. The molecule has 2 aliphatic heterocycles.